The Kier molecular flexibility index (Phi) is 5.09. The molecule has 5 rings (SSSR count). The van der Waals surface area contributed by atoms with Gasteiger partial charge in [0.05, 0.1) is 40.1 Å². The molecule has 1 aliphatic carbocycles. The van der Waals surface area contributed by atoms with E-state index in [0.29, 0.717) is 23.9 Å². The van der Waals surface area contributed by atoms with E-state index in [1.807, 2.05) is 41.7 Å². The van der Waals surface area contributed by atoms with Gasteiger partial charge in [-0.25, -0.2) is 0 Å². The monoisotopic (exact) mass is 448 g/mol. The molecule has 6 nitrogen and oxygen atoms in total. The SMILES string of the molecule is COc1cc([C@@H]2c3ccoc3C3(SCCCS3)[C@@H]3COC(=O)[C@@H]23)cc(OC)c1OC. The zero-order chi connectivity index (χ0) is 20.9. The molecule has 160 valence electrons. The molecule has 3 atom stereocenters. The molecular weight excluding hydrogens is 424 g/mol. The van der Waals surface area contributed by atoms with Gasteiger partial charge in [-0.15, -0.1) is 23.5 Å². The molecule has 8 heteroatoms. The van der Waals surface area contributed by atoms with Crippen molar-refractivity contribution in [3.8, 4) is 17.2 Å². The number of ether oxygens (including phenoxy) is 4. The number of cyclic esters (lactones) is 1. The number of fused-ring (bicyclic) bond motifs is 4. The molecule has 30 heavy (non-hydrogen) atoms. The van der Waals surface area contributed by atoms with Crippen LogP contribution in [0.5, 0.6) is 17.2 Å². The van der Waals surface area contributed by atoms with Crippen LogP contribution in [0.3, 0.4) is 0 Å². The zero-order valence-electron chi connectivity index (χ0n) is 17.1. The van der Waals surface area contributed by atoms with Gasteiger partial charge in [0.15, 0.2) is 11.5 Å². The molecule has 0 N–H and O–H groups in total. The van der Waals surface area contributed by atoms with Gasteiger partial charge in [-0.3, -0.25) is 4.79 Å². The molecule has 1 aromatic carbocycles. The van der Waals surface area contributed by atoms with Crippen LogP contribution >= 0.6 is 23.5 Å². The maximum absolute atomic E-state index is 13.0. The van der Waals surface area contributed by atoms with E-state index in [9.17, 15) is 4.79 Å². The molecule has 0 amide bonds. The van der Waals surface area contributed by atoms with Crippen molar-refractivity contribution in [3.05, 3.63) is 41.3 Å². The van der Waals surface area contributed by atoms with Gasteiger partial charge in [0.1, 0.15) is 9.84 Å². The summed E-state index contributed by atoms with van der Waals surface area (Å²) in [5.74, 6) is 4.18. The lowest BCUT2D eigenvalue weighted by Gasteiger charge is -2.46. The first kappa shape index (κ1) is 20.0. The standard InChI is InChI=1S/C22H24O6S2/c1-24-15-9-12(10-16(25-2)19(15)26-3)17-13-5-6-27-20(13)22(29-7-4-8-30-22)14-11-28-21(23)18(14)17/h5-6,9-10,14,17-18H,4,7-8,11H2,1-3H3/t14-,17-,18-/m1/s1. The fourth-order valence-electron chi connectivity index (χ4n) is 5.02. The molecule has 2 aromatic rings. The average Bonchev–Trinajstić information content (AvgIpc) is 3.42. The van der Waals surface area contributed by atoms with Gasteiger partial charge in [0.2, 0.25) is 5.75 Å². The lowest BCUT2D eigenvalue weighted by atomic mass is 9.69. The van der Waals surface area contributed by atoms with Crippen LogP contribution in [-0.2, 0) is 13.6 Å². The van der Waals surface area contributed by atoms with Crippen LogP contribution in [0, 0.1) is 11.8 Å². The van der Waals surface area contributed by atoms with Crippen molar-refractivity contribution in [3.63, 3.8) is 0 Å². The quantitative estimate of drug-likeness (QED) is 0.643. The van der Waals surface area contributed by atoms with Crippen molar-refractivity contribution >= 4 is 29.5 Å². The summed E-state index contributed by atoms with van der Waals surface area (Å²) in [4.78, 5) is 13.0. The van der Waals surface area contributed by atoms with Crippen LogP contribution in [0.4, 0.5) is 0 Å². The maximum atomic E-state index is 13.0. The number of thioether (sulfide) groups is 2. The van der Waals surface area contributed by atoms with E-state index < -0.39 is 0 Å². The Morgan fingerprint density at radius 3 is 2.40 bits per heavy atom. The van der Waals surface area contributed by atoms with Gasteiger partial charge in [-0.05, 0) is 41.7 Å². The molecule has 3 aliphatic rings. The normalized spacial score (nSPS) is 26.6. The number of methoxy groups -OCH3 is 3. The Balaban J connectivity index is 1.71. The van der Waals surface area contributed by atoms with Gasteiger partial charge in [-0.2, -0.15) is 0 Å². The summed E-state index contributed by atoms with van der Waals surface area (Å²) in [7, 11) is 4.78. The number of esters is 1. The number of rotatable bonds is 4. The maximum Gasteiger partial charge on any atom is 0.310 e. The minimum atomic E-state index is -0.281. The Morgan fingerprint density at radius 2 is 1.77 bits per heavy atom. The molecule has 1 spiro atoms. The van der Waals surface area contributed by atoms with E-state index in [0.717, 1.165) is 34.8 Å². The molecule has 3 heterocycles. The molecule has 0 bridgehead atoms. The van der Waals surface area contributed by atoms with E-state index in [-0.39, 0.29) is 27.8 Å². The first-order chi connectivity index (χ1) is 14.6. The Morgan fingerprint density at radius 1 is 1.07 bits per heavy atom. The second-order valence-electron chi connectivity index (χ2n) is 7.62. The van der Waals surface area contributed by atoms with E-state index in [1.54, 1.807) is 27.6 Å². The van der Waals surface area contributed by atoms with Gasteiger partial charge in [0, 0.05) is 17.4 Å². The highest BCUT2D eigenvalue weighted by atomic mass is 32.2. The topological polar surface area (TPSA) is 67.1 Å². The van der Waals surface area contributed by atoms with E-state index in [4.69, 9.17) is 23.4 Å². The van der Waals surface area contributed by atoms with Crippen molar-refractivity contribution < 1.29 is 28.2 Å². The molecule has 0 saturated carbocycles. The fourth-order valence-corrected chi connectivity index (χ4v) is 8.67. The van der Waals surface area contributed by atoms with Crippen molar-refractivity contribution in [2.24, 2.45) is 11.8 Å². The number of hydrogen-bond donors (Lipinski definition) is 0. The molecule has 2 saturated heterocycles. The van der Waals surface area contributed by atoms with Gasteiger partial charge in [0.25, 0.3) is 0 Å². The predicted molar refractivity (Wildman–Crippen MR) is 116 cm³/mol. The average molecular weight is 449 g/mol. The third-order valence-corrected chi connectivity index (χ3v) is 9.80. The summed E-state index contributed by atoms with van der Waals surface area (Å²) in [6, 6.07) is 5.87. The summed E-state index contributed by atoms with van der Waals surface area (Å²) in [6.45, 7) is 0.421. The largest absolute Gasteiger partial charge is 0.493 e. The summed E-state index contributed by atoms with van der Waals surface area (Å²) < 4.78 is 28.1. The van der Waals surface area contributed by atoms with Crippen molar-refractivity contribution in [2.75, 3.05) is 39.4 Å². The lowest BCUT2D eigenvalue weighted by Crippen LogP contribution is -2.43. The van der Waals surface area contributed by atoms with Crippen LogP contribution < -0.4 is 14.2 Å². The number of carbonyl (C=O) groups excluding carboxylic acids is 1. The van der Waals surface area contributed by atoms with E-state index >= 15 is 0 Å². The Bertz CT molecular complexity index is 939. The van der Waals surface area contributed by atoms with Crippen LogP contribution in [-0.4, -0.2) is 45.4 Å². The summed E-state index contributed by atoms with van der Waals surface area (Å²) in [5.41, 5.74) is 1.98. The summed E-state index contributed by atoms with van der Waals surface area (Å²) in [6.07, 6.45) is 2.91. The third kappa shape index (κ3) is 2.76. The first-order valence-corrected chi connectivity index (χ1v) is 11.9. The Labute approximate surface area is 184 Å². The highest BCUT2D eigenvalue weighted by molar-refractivity contribution is 8.18. The highest BCUT2D eigenvalue weighted by Crippen LogP contribution is 2.66. The number of carbonyl (C=O) groups is 1. The molecule has 2 aliphatic heterocycles. The van der Waals surface area contributed by atoms with E-state index in [2.05, 4.69) is 0 Å². The van der Waals surface area contributed by atoms with Crippen LogP contribution in [0.2, 0.25) is 0 Å². The minimum absolute atomic E-state index is 0.0445. The molecule has 2 fully saturated rings. The predicted octanol–water partition coefficient (Wildman–Crippen LogP) is 4.26. The first-order valence-electron chi connectivity index (χ1n) is 9.97. The highest BCUT2D eigenvalue weighted by Gasteiger charge is 2.61. The number of hydrogen-bond acceptors (Lipinski definition) is 8. The Hall–Kier alpha value is -1.93. The van der Waals surface area contributed by atoms with Crippen molar-refractivity contribution in [1.82, 2.24) is 0 Å². The van der Waals surface area contributed by atoms with Crippen LogP contribution in [0.15, 0.2) is 28.9 Å². The summed E-state index contributed by atoms with van der Waals surface area (Å²) in [5, 5.41) is 0. The van der Waals surface area contributed by atoms with Gasteiger partial charge in [-0.1, -0.05) is 0 Å². The second kappa shape index (κ2) is 7.64. The third-order valence-electron chi connectivity index (χ3n) is 6.27. The number of furan rings is 1. The van der Waals surface area contributed by atoms with Crippen molar-refractivity contribution in [1.29, 1.82) is 0 Å². The number of benzene rings is 1. The fraction of sp³-hybridized carbons (Fsp3) is 0.500. The van der Waals surface area contributed by atoms with Crippen LogP contribution in [0.25, 0.3) is 0 Å². The lowest BCUT2D eigenvalue weighted by molar-refractivity contribution is -0.141. The summed E-state index contributed by atoms with van der Waals surface area (Å²) >= 11 is 3.80. The zero-order valence-corrected chi connectivity index (χ0v) is 18.8. The smallest absolute Gasteiger partial charge is 0.310 e. The molecule has 0 radical (unpaired) electrons. The minimum Gasteiger partial charge on any atom is -0.493 e. The van der Waals surface area contributed by atoms with Gasteiger partial charge < -0.3 is 23.4 Å². The molecular formula is C22H24O6S2. The van der Waals surface area contributed by atoms with Crippen molar-refractivity contribution in [2.45, 2.75) is 16.4 Å². The van der Waals surface area contributed by atoms with Gasteiger partial charge >= 0.3 is 5.97 Å². The van der Waals surface area contributed by atoms with Crippen LogP contribution in [0.1, 0.15) is 29.2 Å². The molecule has 0 unspecified atom stereocenters. The molecule has 1 aromatic heterocycles. The second-order valence-corrected chi connectivity index (χ2v) is 10.6. The van der Waals surface area contributed by atoms with E-state index in [1.165, 1.54) is 0 Å².